The van der Waals surface area contributed by atoms with E-state index < -0.39 is 5.97 Å². The average molecular weight is 310 g/mol. The van der Waals surface area contributed by atoms with E-state index in [1.165, 1.54) is 0 Å². The summed E-state index contributed by atoms with van der Waals surface area (Å²) >= 11 is 3.27. The number of rotatable bonds is 5. The lowest BCUT2D eigenvalue weighted by Crippen LogP contribution is -2.21. The third-order valence-corrected chi connectivity index (χ3v) is 2.35. The van der Waals surface area contributed by atoms with Gasteiger partial charge in [-0.05, 0) is 24.3 Å². The van der Waals surface area contributed by atoms with Crippen molar-refractivity contribution in [1.29, 1.82) is 0 Å². The Labute approximate surface area is 113 Å². The van der Waals surface area contributed by atoms with Crippen molar-refractivity contribution in [3.05, 3.63) is 53.5 Å². The highest BCUT2D eigenvalue weighted by Crippen LogP contribution is 2.16. The maximum Gasteiger partial charge on any atom is 0.336 e. The van der Waals surface area contributed by atoms with Crippen molar-refractivity contribution in [2.45, 2.75) is 0 Å². The molecule has 0 aliphatic heterocycles. The summed E-state index contributed by atoms with van der Waals surface area (Å²) in [7, 11) is 0. The van der Waals surface area contributed by atoms with Crippen molar-refractivity contribution in [1.82, 2.24) is 5.32 Å². The Balaban J connectivity index is 2.46. The van der Waals surface area contributed by atoms with Crippen molar-refractivity contribution in [2.75, 3.05) is 6.54 Å². The molecule has 0 aliphatic rings. The van der Waals surface area contributed by atoms with Crippen LogP contribution in [-0.4, -0.2) is 18.4 Å². The Bertz CT molecular complexity index is 466. The van der Waals surface area contributed by atoms with Gasteiger partial charge in [0.2, 0.25) is 5.91 Å². The molecule has 18 heavy (non-hydrogen) atoms. The molecule has 0 spiro atoms. The standard InChI is InChI=1S/C13H12BrNO3/c1-2-9-15-12(16)7-8-13(17)18-11-5-3-10(14)4-6-11/h2-8H,1,9H2,(H,15,16)/b8-7+. The van der Waals surface area contributed by atoms with Gasteiger partial charge in [0.15, 0.2) is 0 Å². The fraction of sp³-hybridized carbons (Fsp3) is 0.0769. The summed E-state index contributed by atoms with van der Waals surface area (Å²) in [6.45, 7) is 3.81. The molecule has 4 nitrogen and oxygen atoms in total. The summed E-state index contributed by atoms with van der Waals surface area (Å²) in [5.41, 5.74) is 0. The Morgan fingerprint density at radius 1 is 1.28 bits per heavy atom. The van der Waals surface area contributed by atoms with Crippen LogP contribution in [-0.2, 0) is 9.59 Å². The molecule has 0 atom stereocenters. The second-order valence-electron chi connectivity index (χ2n) is 3.24. The topological polar surface area (TPSA) is 55.4 Å². The van der Waals surface area contributed by atoms with Gasteiger partial charge >= 0.3 is 5.97 Å². The monoisotopic (exact) mass is 309 g/mol. The maximum absolute atomic E-state index is 11.4. The molecule has 0 fully saturated rings. The van der Waals surface area contributed by atoms with E-state index in [1.54, 1.807) is 30.3 Å². The lowest BCUT2D eigenvalue weighted by atomic mass is 10.3. The van der Waals surface area contributed by atoms with E-state index in [4.69, 9.17) is 4.74 Å². The number of hydrogen-bond donors (Lipinski definition) is 1. The van der Waals surface area contributed by atoms with Crippen LogP contribution in [0.3, 0.4) is 0 Å². The summed E-state index contributed by atoms with van der Waals surface area (Å²) in [6.07, 6.45) is 3.73. The van der Waals surface area contributed by atoms with E-state index in [-0.39, 0.29) is 5.91 Å². The van der Waals surface area contributed by atoms with Gasteiger partial charge in [0, 0.05) is 23.2 Å². The number of esters is 1. The summed E-state index contributed by atoms with van der Waals surface area (Å²) in [5, 5.41) is 2.50. The van der Waals surface area contributed by atoms with Crippen LogP contribution in [0, 0.1) is 0 Å². The number of nitrogens with one attached hydrogen (secondary N) is 1. The quantitative estimate of drug-likeness (QED) is 0.393. The molecule has 1 rings (SSSR count). The lowest BCUT2D eigenvalue weighted by molar-refractivity contribution is -0.129. The fourth-order valence-electron chi connectivity index (χ4n) is 1.03. The number of carbonyl (C=O) groups is 2. The molecule has 0 aliphatic carbocycles. The van der Waals surface area contributed by atoms with Gasteiger partial charge in [0.05, 0.1) is 0 Å². The number of carbonyl (C=O) groups excluding carboxylic acids is 2. The van der Waals surface area contributed by atoms with Crippen molar-refractivity contribution in [3.63, 3.8) is 0 Å². The molecule has 0 bridgehead atoms. The molecule has 0 aromatic heterocycles. The first kappa shape index (κ1) is 14.2. The van der Waals surface area contributed by atoms with Crippen LogP contribution in [0.5, 0.6) is 5.75 Å². The molecule has 1 N–H and O–H groups in total. The normalized spacial score (nSPS) is 10.1. The van der Waals surface area contributed by atoms with Crippen molar-refractivity contribution >= 4 is 27.8 Å². The molecule has 0 saturated heterocycles. The number of ether oxygens (including phenoxy) is 1. The Kier molecular flexibility index (Phi) is 5.87. The Hall–Kier alpha value is -1.88. The molecule has 0 radical (unpaired) electrons. The summed E-state index contributed by atoms with van der Waals surface area (Å²) in [5.74, 6) is -0.562. The van der Waals surface area contributed by atoms with Gasteiger partial charge in [0.1, 0.15) is 5.75 Å². The minimum Gasteiger partial charge on any atom is -0.423 e. The molecule has 0 unspecified atom stereocenters. The molecule has 0 saturated carbocycles. The third-order valence-electron chi connectivity index (χ3n) is 1.82. The van der Waals surface area contributed by atoms with Gasteiger partial charge in [0.25, 0.3) is 0 Å². The highest BCUT2D eigenvalue weighted by atomic mass is 79.9. The number of halogens is 1. The van der Waals surface area contributed by atoms with Crippen molar-refractivity contribution < 1.29 is 14.3 Å². The summed E-state index contributed by atoms with van der Waals surface area (Å²) < 4.78 is 5.87. The van der Waals surface area contributed by atoms with Gasteiger partial charge in [-0.1, -0.05) is 22.0 Å². The van der Waals surface area contributed by atoms with E-state index >= 15 is 0 Å². The molecule has 5 heteroatoms. The highest BCUT2D eigenvalue weighted by molar-refractivity contribution is 9.10. The number of benzene rings is 1. The predicted molar refractivity (Wildman–Crippen MR) is 72.1 cm³/mol. The first-order chi connectivity index (χ1) is 8.61. The van der Waals surface area contributed by atoms with Crippen molar-refractivity contribution in [3.8, 4) is 5.75 Å². The van der Waals surface area contributed by atoms with Crippen LogP contribution >= 0.6 is 15.9 Å². The first-order valence-electron chi connectivity index (χ1n) is 5.16. The number of amides is 1. The second-order valence-corrected chi connectivity index (χ2v) is 4.16. The van der Waals surface area contributed by atoms with E-state index in [9.17, 15) is 9.59 Å². The Morgan fingerprint density at radius 3 is 2.56 bits per heavy atom. The summed E-state index contributed by atoms with van der Waals surface area (Å²) in [4.78, 5) is 22.5. The fourth-order valence-corrected chi connectivity index (χ4v) is 1.29. The minimum atomic E-state index is -0.605. The SMILES string of the molecule is C=CCNC(=O)/C=C/C(=O)Oc1ccc(Br)cc1. The van der Waals surface area contributed by atoms with Crippen LogP contribution in [0.4, 0.5) is 0 Å². The van der Waals surface area contributed by atoms with Gasteiger partial charge in [-0.3, -0.25) is 4.79 Å². The molecule has 94 valence electrons. The zero-order valence-electron chi connectivity index (χ0n) is 9.56. The Morgan fingerprint density at radius 2 is 1.94 bits per heavy atom. The van der Waals surface area contributed by atoms with Crippen molar-refractivity contribution in [2.24, 2.45) is 0 Å². The molecule has 1 aromatic rings. The molecular formula is C13H12BrNO3. The van der Waals surface area contributed by atoms with Crippen LogP contribution in [0.1, 0.15) is 0 Å². The average Bonchev–Trinajstić information content (AvgIpc) is 2.36. The van der Waals surface area contributed by atoms with Crippen LogP contribution in [0.25, 0.3) is 0 Å². The van der Waals surface area contributed by atoms with Gasteiger partial charge in [-0.2, -0.15) is 0 Å². The second kappa shape index (κ2) is 7.45. The van der Waals surface area contributed by atoms with Crippen LogP contribution < -0.4 is 10.1 Å². The minimum absolute atomic E-state index is 0.352. The van der Waals surface area contributed by atoms with Gasteiger partial charge in [-0.15, -0.1) is 6.58 Å². The zero-order valence-corrected chi connectivity index (χ0v) is 11.1. The van der Waals surface area contributed by atoms with E-state index in [1.807, 2.05) is 0 Å². The molecule has 1 aromatic carbocycles. The molecule has 1 amide bonds. The first-order valence-corrected chi connectivity index (χ1v) is 5.95. The van der Waals surface area contributed by atoms with Crippen LogP contribution in [0.15, 0.2) is 53.5 Å². The predicted octanol–water partition coefficient (Wildman–Crippen LogP) is 2.21. The van der Waals surface area contributed by atoms with Gasteiger partial charge in [-0.25, -0.2) is 4.79 Å². The van der Waals surface area contributed by atoms with E-state index in [0.29, 0.717) is 12.3 Å². The summed E-state index contributed by atoms with van der Waals surface area (Å²) in [6, 6.07) is 6.80. The largest absolute Gasteiger partial charge is 0.423 e. The highest BCUT2D eigenvalue weighted by Gasteiger charge is 2.01. The lowest BCUT2D eigenvalue weighted by Gasteiger charge is -2.00. The zero-order chi connectivity index (χ0) is 13.4. The van der Waals surface area contributed by atoms with Crippen LogP contribution in [0.2, 0.25) is 0 Å². The molecule has 0 heterocycles. The third kappa shape index (κ3) is 5.45. The number of hydrogen-bond acceptors (Lipinski definition) is 3. The maximum atomic E-state index is 11.4. The molecular weight excluding hydrogens is 298 g/mol. The van der Waals surface area contributed by atoms with Gasteiger partial charge < -0.3 is 10.1 Å². The van der Waals surface area contributed by atoms with E-state index in [2.05, 4.69) is 27.8 Å². The smallest absolute Gasteiger partial charge is 0.336 e. The van der Waals surface area contributed by atoms with E-state index in [0.717, 1.165) is 16.6 Å².